The van der Waals surface area contributed by atoms with Gasteiger partial charge in [-0.3, -0.25) is 0 Å². The molecule has 0 saturated heterocycles. The van der Waals surface area contributed by atoms with Crippen LogP contribution in [0.4, 0.5) is 8.78 Å². The van der Waals surface area contributed by atoms with E-state index in [0.717, 1.165) is 6.26 Å². The van der Waals surface area contributed by atoms with Crippen LogP contribution in [-0.4, -0.2) is 25.5 Å². The van der Waals surface area contributed by atoms with Crippen LogP contribution in [0.2, 0.25) is 0 Å². The Morgan fingerprint density at radius 3 is 2.44 bits per heavy atom. The fourth-order valence-electron chi connectivity index (χ4n) is 1.61. The minimum Gasteiger partial charge on any atom is -0.388 e. The number of hydrogen-bond acceptors (Lipinski definition) is 3. The molecule has 0 amide bonds. The van der Waals surface area contributed by atoms with Crippen molar-refractivity contribution in [3.63, 3.8) is 0 Å². The number of alkyl halides is 2. The number of rotatable bonds is 6. The molecule has 1 N–H and O–H groups in total. The molecule has 1 rings (SSSR count). The Hall–Kier alpha value is -1.01. The average molecular weight is 278 g/mol. The number of hydrogen-bond donors (Lipinski definition) is 1. The Morgan fingerprint density at radius 1 is 1.28 bits per heavy atom. The number of benzene rings is 1. The summed E-state index contributed by atoms with van der Waals surface area (Å²) in [6, 6.07) is 5.54. The highest BCUT2D eigenvalue weighted by Crippen LogP contribution is 2.24. The molecule has 0 saturated carbocycles. The summed E-state index contributed by atoms with van der Waals surface area (Å²) in [5, 5.41) is 9.78. The Kier molecular flexibility index (Phi) is 5.22. The second-order valence-corrected chi connectivity index (χ2v) is 6.52. The lowest BCUT2D eigenvalue weighted by molar-refractivity contribution is 0.148. The maximum Gasteiger partial charge on any atom is 0.263 e. The molecule has 0 aliphatic carbocycles. The van der Waals surface area contributed by atoms with Crippen LogP contribution in [0.1, 0.15) is 36.5 Å². The Morgan fingerprint density at radius 2 is 1.89 bits per heavy atom. The predicted octanol–water partition coefficient (Wildman–Crippen LogP) is 2.48. The zero-order chi connectivity index (χ0) is 13.8. The van der Waals surface area contributed by atoms with Crippen LogP contribution in [-0.2, 0) is 9.84 Å². The first-order chi connectivity index (χ1) is 8.29. The largest absolute Gasteiger partial charge is 0.388 e. The monoisotopic (exact) mass is 278 g/mol. The summed E-state index contributed by atoms with van der Waals surface area (Å²) in [6.07, 6.45) is -1.83. The maximum atomic E-state index is 12.5. The minimum atomic E-state index is -3.05. The third-order valence-electron chi connectivity index (χ3n) is 2.54. The van der Waals surface area contributed by atoms with E-state index in [1.54, 1.807) is 6.07 Å². The van der Waals surface area contributed by atoms with Gasteiger partial charge in [-0.25, -0.2) is 17.2 Å². The lowest BCUT2D eigenvalue weighted by Crippen LogP contribution is -2.06. The van der Waals surface area contributed by atoms with Gasteiger partial charge in [-0.05, 0) is 24.5 Å². The van der Waals surface area contributed by atoms with E-state index in [1.165, 1.54) is 18.2 Å². The van der Waals surface area contributed by atoms with Gasteiger partial charge in [-0.1, -0.05) is 18.2 Å². The predicted molar refractivity (Wildman–Crippen MR) is 65.3 cm³/mol. The van der Waals surface area contributed by atoms with E-state index in [1.807, 2.05) is 0 Å². The Bertz CT molecular complexity index is 486. The number of aliphatic hydroxyl groups excluding tert-OH is 1. The summed E-state index contributed by atoms with van der Waals surface area (Å²) in [5.74, 6) is -0.0153. The van der Waals surface area contributed by atoms with Crippen LogP contribution in [0.25, 0.3) is 0 Å². The summed E-state index contributed by atoms with van der Waals surface area (Å²) in [4.78, 5) is 0. The average Bonchev–Trinajstić information content (AvgIpc) is 2.27. The first-order valence-electron chi connectivity index (χ1n) is 5.53. The smallest absolute Gasteiger partial charge is 0.263 e. The molecule has 0 aromatic heterocycles. The molecular formula is C12H16F2O3S. The van der Waals surface area contributed by atoms with Gasteiger partial charge in [0, 0.05) is 17.6 Å². The summed E-state index contributed by atoms with van der Waals surface area (Å²) < 4.78 is 46.7. The fraction of sp³-hybridized carbons (Fsp3) is 0.500. The van der Waals surface area contributed by atoms with Crippen molar-refractivity contribution in [2.45, 2.75) is 25.4 Å². The molecule has 1 aromatic carbocycles. The molecule has 1 aromatic rings. The van der Waals surface area contributed by atoms with Gasteiger partial charge >= 0.3 is 0 Å². The van der Waals surface area contributed by atoms with E-state index in [0.29, 0.717) is 12.0 Å². The summed E-state index contributed by atoms with van der Waals surface area (Å²) in [7, 11) is -3.05. The van der Waals surface area contributed by atoms with Crippen molar-refractivity contribution in [3.05, 3.63) is 35.4 Å². The van der Waals surface area contributed by atoms with E-state index in [2.05, 4.69) is 0 Å². The lowest BCUT2D eigenvalue weighted by atomic mass is 10.0. The summed E-state index contributed by atoms with van der Waals surface area (Å²) in [6.45, 7) is 0. The van der Waals surface area contributed by atoms with Crippen LogP contribution >= 0.6 is 0 Å². The number of aliphatic hydroxyl groups is 1. The van der Waals surface area contributed by atoms with Crippen LogP contribution in [0.15, 0.2) is 24.3 Å². The van der Waals surface area contributed by atoms with Gasteiger partial charge in [0.15, 0.2) is 0 Å². The first kappa shape index (κ1) is 15.0. The zero-order valence-corrected chi connectivity index (χ0v) is 10.8. The van der Waals surface area contributed by atoms with Gasteiger partial charge in [0.2, 0.25) is 0 Å². The molecule has 0 aliphatic heterocycles. The summed E-state index contributed by atoms with van der Waals surface area (Å²) >= 11 is 0. The van der Waals surface area contributed by atoms with Gasteiger partial charge in [-0.2, -0.15) is 0 Å². The molecule has 0 bridgehead atoms. The van der Waals surface area contributed by atoms with Crippen molar-refractivity contribution in [3.8, 4) is 0 Å². The van der Waals surface area contributed by atoms with E-state index >= 15 is 0 Å². The highest BCUT2D eigenvalue weighted by Gasteiger charge is 2.13. The third kappa shape index (κ3) is 5.10. The Labute approximate surface area is 105 Å². The lowest BCUT2D eigenvalue weighted by Gasteiger charge is -2.11. The van der Waals surface area contributed by atoms with Crippen molar-refractivity contribution in [1.29, 1.82) is 0 Å². The van der Waals surface area contributed by atoms with Crippen molar-refractivity contribution < 1.29 is 22.3 Å². The number of halogens is 2. The summed E-state index contributed by atoms with van der Waals surface area (Å²) in [5.41, 5.74) is 0.246. The Balaban J connectivity index is 2.61. The molecule has 0 heterocycles. The molecule has 0 aliphatic rings. The van der Waals surface area contributed by atoms with Gasteiger partial charge in [0.1, 0.15) is 9.84 Å². The molecule has 0 spiro atoms. The molecule has 0 fully saturated rings. The quantitative estimate of drug-likeness (QED) is 0.869. The minimum absolute atomic E-state index is 0.0153. The van der Waals surface area contributed by atoms with E-state index in [9.17, 15) is 22.3 Å². The molecule has 1 unspecified atom stereocenters. The normalized spacial score (nSPS) is 13.8. The van der Waals surface area contributed by atoms with Crippen LogP contribution in [0.5, 0.6) is 0 Å². The molecule has 1 atom stereocenters. The zero-order valence-electron chi connectivity index (χ0n) is 10.0. The van der Waals surface area contributed by atoms with Gasteiger partial charge in [-0.15, -0.1) is 0 Å². The standard InChI is InChI=1S/C12H16F2O3S/c1-18(16,17)7-3-6-11(15)9-4-2-5-10(8-9)12(13)14/h2,4-5,8,11-12,15H,3,6-7H2,1H3. The second kappa shape index (κ2) is 6.24. The molecule has 0 radical (unpaired) electrons. The molecule has 6 heteroatoms. The number of sulfone groups is 1. The van der Waals surface area contributed by atoms with Crippen molar-refractivity contribution in [2.24, 2.45) is 0 Å². The van der Waals surface area contributed by atoms with Gasteiger partial charge in [0.05, 0.1) is 6.10 Å². The highest BCUT2D eigenvalue weighted by atomic mass is 32.2. The highest BCUT2D eigenvalue weighted by molar-refractivity contribution is 7.90. The van der Waals surface area contributed by atoms with Crippen LogP contribution < -0.4 is 0 Å². The third-order valence-corrected chi connectivity index (χ3v) is 3.57. The molecule has 3 nitrogen and oxygen atoms in total. The van der Waals surface area contributed by atoms with E-state index in [-0.39, 0.29) is 17.7 Å². The fourth-order valence-corrected chi connectivity index (χ4v) is 2.30. The second-order valence-electron chi connectivity index (χ2n) is 4.26. The molecule has 18 heavy (non-hydrogen) atoms. The topological polar surface area (TPSA) is 54.4 Å². The van der Waals surface area contributed by atoms with Crippen LogP contribution in [0, 0.1) is 0 Å². The van der Waals surface area contributed by atoms with Crippen molar-refractivity contribution in [2.75, 3.05) is 12.0 Å². The SMILES string of the molecule is CS(=O)(=O)CCCC(O)c1cccc(C(F)F)c1. The first-order valence-corrected chi connectivity index (χ1v) is 7.59. The van der Waals surface area contributed by atoms with Crippen molar-refractivity contribution in [1.82, 2.24) is 0 Å². The van der Waals surface area contributed by atoms with Crippen LogP contribution in [0.3, 0.4) is 0 Å². The maximum absolute atomic E-state index is 12.5. The molecular weight excluding hydrogens is 262 g/mol. The van der Waals surface area contributed by atoms with E-state index in [4.69, 9.17) is 0 Å². The van der Waals surface area contributed by atoms with Gasteiger partial charge < -0.3 is 5.11 Å². The van der Waals surface area contributed by atoms with Crippen molar-refractivity contribution >= 4 is 9.84 Å². The van der Waals surface area contributed by atoms with Gasteiger partial charge in [0.25, 0.3) is 6.43 Å². The molecule has 102 valence electrons. The van der Waals surface area contributed by atoms with E-state index < -0.39 is 22.4 Å².